The predicted molar refractivity (Wildman–Crippen MR) is 52.8 cm³/mol. The van der Waals surface area contributed by atoms with E-state index in [0.29, 0.717) is 12.0 Å². The first-order valence-electron chi connectivity index (χ1n) is 4.66. The van der Waals surface area contributed by atoms with Crippen molar-refractivity contribution < 1.29 is 23.1 Å². The maximum atomic E-state index is 12.6. The second-order valence-corrected chi connectivity index (χ2v) is 3.60. The number of hydrogen-bond acceptors (Lipinski definition) is 1. The molecule has 0 heterocycles. The van der Waals surface area contributed by atoms with Crippen molar-refractivity contribution in [3.8, 4) is 0 Å². The highest BCUT2D eigenvalue weighted by Gasteiger charge is 2.34. The first-order chi connectivity index (χ1) is 7.30. The molecule has 5 heteroatoms. The third kappa shape index (κ3) is 3.25. The van der Waals surface area contributed by atoms with Crippen LogP contribution in [-0.2, 0) is 4.79 Å². The van der Waals surface area contributed by atoms with Crippen molar-refractivity contribution in [1.82, 2.24) is 0 Å². The Labute approximate surface area is 90.8 Å². The van der Waals surface area contributed by atoms with Gasteiger partial charge in [0, 0.05) is 0 Å². The molecule has 0 unspecified atom stereocenters. The summed E-state index contributed by atoms with van der Waals surface area (Å²) in [7, 11) is 0. The normalized spacial score (nSPS) is 17.1. The van der Waals surface area contributed by atoms with Gasteiger partial charge in [0.15, 0.2) is 0 Å². The number of halogens is 3. The van der Waals surface area contributed by atoms with Gasteiger partial charge in [-0.05, 0) is 18.9 Å². The molecule has 0 amide bonds. The molecule has 0 bridgehead atoms. The monoisotopic (exact) mass is 232 g/mol. The second-order valence-electron chi connectivity index (χ2n) is 3.60. The summed E-state index contributed by atoms with van der Waals surface area (Å²) in [5, 5.41) is 8.57. The summed E-state index contributed by atoms with van der Waals surface area (Å²) in [6.07, 6.45) is -1.08. The molecule has 0 aliphatic heterocycles. The van der Waals surface area contributed by atoms with Crippen LogP contribution in [0.3, 0.4) is 0 Å². The maximum absolute atomic E-state index is 12.6. The van der Waals surface area contributed by atoms with Crippen LogP contribution < -0.4 is 0 Å². The van der Waals surface area contributed by atoms with Crippen LogP contribution in [0.4, 0.5) is 13.2 Å². The van der Waals surface area contributed by atoms with E-state index >= 15 is 0 Å². The Bertz CT molecular complexity index is 387. The summed E-state index contributed by atoms with van der Waals surface area (Å²) < 4.78 is 37.9. The fourth-order valence-corrected chi connectivity index (χ4v) is 1.49. The van der Waals surface area contributed by atoms with Crippen molar-refractivity contribution in [3.05, 3.63) is 34.9 Å². The summed E-state index contributed by atoms with van der Waals surface area (Å²) in [5.41, 5.74) is -0.343. The van der Waals surface area contributed by atoms with Crippen molar-refractivity contribution in [2.45, 2.75) is 25.9 Å². The van der Waals surface area contributed by atoms with Crippen LogP contribution in [0.5, 0.6) is 0 Å². The van der Waals surface area contributed by atoms with Gasteiger partial charge < -0.3 is 5.11 Å². The van der Waals surface area contributed by atoms with Gasteiger partial charge >= 0.3 is 12.1 Å². The quantitative estimate of drug-likeness (QED) is 0.793. The minimum absolute atomic E-state index is 0.189. The summed E-state index contributed by atoms with van der Waals surface area (Å²) in [6.45, 7) is 1.67. The highest BCUT2D eigenvalue weighted by molar-refractivity contribution is 5.72. The molecule has 0 aromatic carbocycles. The minimum atomic E-state index is -4.51. The largest absolute Gasteiger partial charge is 0.481 e. The minimum Gasteiger partial charge on any atom is -0.481 e. The third-order valence-corrected chi connectivity index (χ3v) is 2.14. The van der Waals surface area contributed by atoms with E-state index in [-0.39, 0.29) is 5.57 Å². The van der Waals surface area contributed by atoms with Gasteiger partial charge in [0.25, 0.3) is 0 Å². The van der Waals surface area contributed by atoms with Crippen molar-refractivity contribution in [2.24, 2.45) is 0 Å². The molecule has 0 saturated carbocycles. The summed E-state index contributed by atoms with van der Waals surface area (Å²) >= 11 is 0. The van der Waals surface area contributed by atoms with Crippen LogP contribution in [0.25, 0.3) is 0 Å². The number of carboxylic acids is 1. The Morgan fingerprint density at radius 1 is 1.50 bits per heavy atom. The van der Waals surface area contributed by atoms with Crippen LogP contribution in [0, 0.1) is 0 Å². The van der Waals surface area contributed by atoms with Crippen LogP contribution in [0.2, 0.25) is 0 Å². The molecule has 0 fully saturated rings. The second kappa shape index (κ2) is 4.55. The van der Waals surface area contributed by atoms with Gasteiger partial charge in [-0.1, -0.05) is 23.8 Å². The van der Waals surface area contributed by atoms with Crippen LogP contribution >= 0.6 is 0 Å². The maximum Gasteiger partial charge on any atom is 0.416 e. The zero-order chi connectivity index (χ0) is 12.3. The van der Waals surface area contributed by atoms with Gasteiger partial charge in [0.2, 0.25) is 0 Å². The molecule has 2 nitrogen and oxygen atoms in total. The SMILES string of the molecule is CC1=CC(CC(=O)O)=C(C(F)(F)F)C=CC1. The zero-order valence-electron chi connectivity index (χ0n) is 8.64. The number of alkyl halides is 3. The van der Waals surface area contributed by atoms with Crippen LogP contribution in [0.1, 0.15) is 19.8 Å². The number of hydrogen-bond donors (Lipinski definition) is 1. The smallest absolute Gasteiger partial charge is 0.416 e. The molecule has 0 aromatic heterocycles. The molecule has 0 aromatic rings. The van der Waals surface area contributed by atoms with Crippen LogP contribution in [-0.4, -0.2) is 17.3 Å². The van der Waals surface area contributed by atoms with Crippen molar-refractivity contribution in [1.29, 1.82) is 0 Å². The average Bonchev–Trinajstić information content (AvgIpc) is 2.24. The molecule has 1 aliphatic carbocycles. The van der Waals surface area contributed by atoms with E-state index in [1.807, 2.05) is 0 Å². The third-order valence-electron chi connectivity index (χ3n) is 2.14. The predicted octanol–water partition coefficient (Wildman–Crippen LogP) is 3.23. The molecule has 1 aliphatic rings. The van der Waals surface area contributed by atoms with E-state index in [9.17, 15) is 18.0 Å². The summed E-state index contributed by atoms with van der Waals surface area (Å²) in [6, 6.07) is 0. The lowest BCUT2D eigenvalue weighted by atomic mass is 10.0. The van der Waals surface area contributed by atoms with Gasteiger partial charge in [-0.2, -0.15) is 13.2 Å². The van der Waals surface area contributed by atoms with Crippen molar-refractivity contribution >= 4 is 5.97 Å². The fraction of sp³-hybridized carbons (Fsp3) is 0.364. The molecular weight excluding hydrogens is 221 g/mol. The average molecular weight is 232 g/mol. The molecule has 1 rings (SSSR count). The molecule has 1 N–H and O–H groups in total. The lowest BCUT2D eigenvalue weighted by Gasteiger charge is -2.11. The Kier molecular flexibility index (Phi) is 3.57. The highest BCUT2D eigenvalue weighted by Crippen LogP contribution is 2.33. The molecule has 0 spiro atoms. The number of carboxylic acid groups (broad SMARTS) is 1. The van der Waals surface area contributed by atoms with Gasteiger partial charge in [0.05, 0.1) is 12.0 Å². The molecule has 0 atom stereocenters. The van der Waals surface area contributed by atoms with E-state index in [2.05, 4.69) is 0 Å². The zero-order valence-corrected chi connectivity index (χ0v) is 8.64. The Morgan fingerprint density at radius 3 is 2.62 bits per heavy atom. The van der Waals surface area contributed by atoms with E-state index in [4.69, 9.17) is 5.11 Å². The van der Waals surface area contributed by atoms with Crippen molar-refractivity contribution in [3.63, 3.8) is 0 Å². The van der Waals surface area contributed by atoms with E-state index in [1.165, 1.54) is 12.2 Å². The summed E-state index contributed by atoms with van der Waals surface area (Å²) in [4.78, 5) is 10.5. The van der Waals surface area contributed by atoms with E-state index in [0.717, 1.165) is 6.08 Å². The van der Waals surface area contributed by atoms with E-state index < -0.39 is 24.1 Å². The fourth-order valence-electron chi connectivity index (χ4n) is 1.49. The first kappa shape index (κ1) is 12.5. The number of aliphatic carboxylic acids is 1. The Hall–Kier alpha value is -1.52. The number of rotatable bonds is 2. The molecule has 16 heavy (non-hydrogen) atoms. The number of carbonyl (C=O) groups is 1. The lowest BCUT2D eigenvalue weighted by molar-refractivity contribution is -0.136. The standard InChI is InChI=1S/C11H11F3O2/c1-7-3-2-4-9(11(12,13)14)8(5-7)6-10(15)16/h2,4-5H,3,6H2,1H3,(H,15,16). The Balaban J connectivity index is 3.23. The van der Waals surface area contributed by atoms with Crippen LogP contribution in [0.15, 0.2) is 34.9 Å². The van der Waals surface area contributed by atoms with Gasteiger partial charge in [-0.15, -0.1) is 0 Å². The topological polar surface area (TPSA) is 37.3 Å². The Morgan fingerprint density at radius 2 is 2.12 bits per heavy atom. The number of allylic oxidation sites excluding steroid dienone is 5. The first-order valence-corrected chi connectivity index (χ1v) is 4.66. The molecule has 0 radical (unpaired) electrons. The van der Waals surface area contributed by atoms with Gasteiger partial charge in [-0.3, -0.25) is 4.79 Å². The van der Waals surface area contributed by atoms with Gasteiger partial charge in [-0.25, -0.2) is 0 Å². The molecule has 0 saturated heterocycles. The highest BCUT2D eigenvalue weighted by atomic mass is 19.4. The summed E-state index contributed by atoms with van der Waals surface area (Å²) in [5.74, 6) is -1.27. The van der Waals surface area contributed by atoms with Crippen molar-refractivity contribution in [2.75, 3.05) is 0 Å². The molecular formula is C11H11F3O2. The van der Waals surface area contributed by atoms with Gasteiger partial charge in [0.1, 0.15) is 0 Å². The lowest BCUT2D eigenvalue weighted by Crippen LogP contribution is -2.13. The van der Waals surface area contributed by atoms with E-state index in [1.54, 1.807) is 6.92 Å². The molecule has 88 valence electrons.